The number of nitrogens with one attached hydrogen (secondary N) is 1. The van der Waals surface area contributed by atoms with Crippen molar-refractivity contribution >= 4 is 0 Å². The molecule has 0 aliphatic rings. The van der Waals surface area contributed by atoms with Crippen LogP contribution in [0.15, 0.2) is 36.7 Å². The lowest BCUT2D eigenvalue weighted by atomic mass is 10.3. The van der Waals surface area contributed by atoms with E-state index in [2.05, 4.69) is 15.4 Å². The van der Waals surface area contributed by atoms with Gasteiger partial charge in [0.25, 0.3) is 0 Å². The first-order chi connectivity index (χ1) is 6.29. The van der Waals surface area contributed by atoms with Gasteiger partial charge in [-0.3, -0.25) is 5.10 Å². The van der Waals surface area contributed by atoms with Crippen LogP contribution in [0.25, 0.3) is 0 Å². The van der Waals surface area contributed by atoms with Gasteiger partial charge in [-0.15, -0.1) is 5.10 Å². The third-order valence-corrected chi connectivity index (χ3v) is 1.16. The fourth-order valence-corrected chi connectivity index (χ4v) is 0.660. The van der Waals surface area contributed by atoms with Crippen molar-refractivity contribution in [2.24, 2.45) is 0 Å². The highest BCUT2D eigenvalue weighted by atomic mass is 16.3. The minimum absolute atomic E-state index is 0.0880. The molecule has 0 fully saturated rings. The highest BCUT2D eigenvalue weighted by Gasteiger charge is 1.85. The summed E-state index contributed by atoms with van der Waals surface area (Å²) in [5, 5.41) is 26.6. The maximum atomic E-state index is 8.65. The zero-order chi connectivity index (χ0) is 9.52. The quantitative estimate of drug-likeness (QED) is 0.561. The zero-order valence-electron chi connectivity index (χ0n) is 6.75. The molecule has 0 aliphatic carbocycles. The number of benzene rings is 1. The molecule has 0 amide bonds. The van der Waals surface area contributed by atoms with Gasteiger partial charge in [0.2, 0.25) is 0 Å². The van der Waals surface area contributed by atoms with E-state index in [9.17, 15) is 0 Å². The van der Waals surface area contributed by atoms with Crippen LogP contribution in [0.3, 0.4) is 0 Å². The topological polar surface area (TPSA) is 82.0 Å². The van der Waals surface area contributed by atoms with Gasteiger partial charge in [-0.1, -0.05) is 11.3 Å². The summed E-state index contributed by atoms with van der Waals surface area (Å²) in [5.41, 5.74) is 0. The van der Waals surface area contributed by atoms with E-state index >= 15 is 0 Å². The van der Waals surface area contributed by atoms with Crippen molar-refractivity contribution in [2.75, 3.05) is 0 Å². The number of phenolic OH excluding ortho intramolecular Hbond substituents is 2. The second-order valence-electron chi connectivity index (χ2n) is 2.18. The average Bonchev–Trinajstić information content (AvgIpc) is 2.59. The Labute approximate surface area is 74.7 Å². The Morgan fingerprint density at radius 2 is 1.85 bits per heavy atom. The van der Waals surface area contributed by atoms with E-state index in [4.69, 9.17) is 10.2 Å². The standard InChI is InChI=1S/C6H6O2.C2H3N3/c7-5-2-1-3-6(8)4-5;1-2-4-5-3-1/h1-4,7-8H;1-2H,(H,3,4,5). The fraction of sp³-hybridized carbons (Fsp3) is 0. The molecular weight excluding hydrogens is 170 g/mol. The summed E-state index contributed by atoms with van der Waals surface area (Å²) in [6, 6.07) is 5.85. The number of rotatable bonds is 0. The van der Waals surface area contributed by atoms with Gasteiger partial charge >= 0.3 is 0 Å². The Morgan fingerprint density at radius 3 is 2.08 bits per heavy atom. The monoisotopic (exact) mass is 179 g/mol. The van der Waals surface area contributed by atoms with Crippen LogP contribution >= 0.6 is 0 Å². The van der Waals surface area contributed by atoms with E-state index < -0.39 is 0 Å². The van der Waals surface area contributed by atoms with E-state index in [0.717, 1.165) is 0 Å². The summed E-state index contributed by atoms with van der Waals surface area (Å²) in [4.78, 5) is 0. The smallest absolute Gasteiger partial charge is 0.119 e. The molecule has 0 spiro atoms. The van der Waals surface area contributed by atoms with Crippen LogP contribution in [-0.2, 0) is 0 Å². The van der Waals surface area contributed by atoms with Crippen molar-refractivity contribution < 1.29 is 10.2 Å². The van der Waals surface area contributed by atoms with Gasteiger partial charge in [-0.2, -0.15) is 0 Å². The minimum atomic E-state index is 0.0880. The summed E-state index contributed by atoms with van der Waals surface area (Å²) in [5.74, 6) is 0.176. The molecule has 1 aromatic heterocycles. The number of nitrogens with zero attached hydrogens (tertiary/aromatic N) is 2. The third-order valence-electron chi connectivity index (χ3n) is 1.16. The van der Waals surface area contributed by atoms with Crippen molar-refractivity contribution in [3.63, 3.8) is 0 Å². The third kappa shape index (κ3) is 3.76. The predicted octanol–water partition coefficient (Wildman–Crippen LogP) is 0.902. The Balaban J connectivity index is 0.000000145. The molecule has 1 heterocycles. The molecule has 0 saturated heterocycles. The van der Waals surface area contributed by atoms with E-state index in [1.807, 2.05) is 0 Å². The molecule has 1 aromatic carbocycles. The van der Waals surface area contributed by atoms with Crippen LogP contribution < -0.4 is 0 Å². The van der Waals surface area contributed by atoms with Crippen LogP contribution in [0.4, 0.5) is 0 Å². The van der Waals surface area contributed by atoms with Crippen molar-refractivity contribution in [2.45, 2.75) is 0 Å². The molecule has 13 heavy (non-hydrogen) atoms. The average molecular weight is 179 g/mol. The second-order valence-corrected chi connectivity index (χ2v) is 2.18. The first-order valence-electron chi connectivity index (χ1n) is 3.57. The summed E-state index contributed by atoms with van der Waals surface area (Å²) >= 11 is 0. The van der Waals surface area contributed by atoms with Gasteiger partial charge in [-0.25, -0.2) is 0 Å². The molecule has 5 heteroatoms. The lowest BCUT2D eigenvalue weighted by molar-refractivity contribution is 0.450. The summed E-state index contributed by atoms with van der Waals surface area (Å²) in [6.45, 7) is 0. The Kier molecular flexibility index (Phi) is 3.31. The van der Waals surface area contributed by atoms with Crippen molar-refractivity contribution in [1.82, 2.24) is 15.4 Å². The van der Waals surface area contributed by atoms with Crippen molar-refractivity contribution in [3.8, 4) is 11.5 Å². The van der Waals surface area contributed by atoms with Crippen molar-refractivity contribution in [1.29, 1.82) is 0 Å². The fourth-order valence-electron chi connectivity index (χ4n) is 0.660. The zero-order valence-corrected chi connectivity index (χ0v) is 6.75. The van der Waals surface area contributed by atoms with Gasteiger partial charge < -0.3 is 10.2 Å². The Bertz CT molecular complexity index is 300. The van der Waals surface area contributed by atoms with Gasteiger partial charge in [0.15, 0.2) is 0 Å². The lowest BCUT2D eigenvalue weighted by Crippen LogP contribution is -1.61. The molecule has 0 radical (unpaired) electrons. The lowest BCUT2D eigenvalue weighted by Gasteiger charge is -1.89. The molecule has 68 valence electrons. The number of hydrogen-bond acceptors (Lipinski definition) is 4. The van der Waals surface area contributed by atoms with Gasteiger partial charge in [-0.05, 0) is 12.1 Å². The summed E-state index contributed by atoms with van der Waals surface area (Å²) in [7, 11) is 0. The predicted molar refractivity (Wildman–Crippen MR) is 46.2 cm³/mol. The maximum absolute atomic E-state index is 8.65. The number of aromatic amines is 1. The van der Waals surface area contributed by atoms with E-state index in [1.165, 1.54) is 18.2 Å². The first-order valence-corrected chi connectivity index (χ1v) is 3.57. The molecule has 2 aromatic rings. The number of hydrogen-bond donors (Lipinski definition) is 3. The van der Waals surface area contributed by atoms with Crippen LogP contribution in [-0.4, -0.2) is 25.6 Å². The number of aromatic nitrogens is 3. The van der Waals surface area contributed by atoms with Crippen LogP contribution in [0.1, 0.15) is 0 Å². The molecule has 3 N–H and O–H groups in total. The Morgan fingerprint density at radius 1 is 1.15 bits per heavy atom. The number of phenols is 2. The molecule has 0 bridgehead atoms. The number of H-pyrrole nitrogens is 1. The molecule has 2 rings (SSSR count). The SMILES string of the molecule is Oc1cccc(O)c1.c1c[nH]nn1. The molecule has 0 atom stereocenters. The normalized spacial score (nSPS) is 8.62. The summed E-state index contributed by atoms with van der Waals surface area (Å²) in [6.07, 6.45) is 3.24. The van der Waals surface area contributed by atoms with Crippen molar-refractivity contribution in [3.05, 3.63) is 36.7 Å². The highest BCUT2D eigenvalue weighted by Crippen LogP contribution is 2.14. The molecular formula is C8H9N3O2. The van der Waals surface area contributed by atoms with E-state index in [-0.39, 0.29) is 11.5 Å². The molecule has 0 aliphatic heterocycles. The van der Waals surface area contributed by atoms with Crippen LogP contribution in [0, 0.1) is 0 Å². The van der Waals surface area contributed by atoms with Gasteiger partial charge in [0, 0.05) is 12.3 Å². The van der Waals surface area contributed by atoms with E-state index in [1.54, 1.807) is 18.5 Å². The highest BCUT2D eigenvalue weighted by molar-refractivity contribution is 5.30. The second kappa shape index (κ2) is 4.76. The maximum Gasteiger partial charge on any atom is 0.119 e. The Hall–Kier alpha value is -2.04. The minimum Gasteiger partial charge on any atom is -0.508 e. The van der Waals surface area contributed by atoms with Gasteiger partial charge in [0.1, 0.15) is 11.5 Å². The summed E-state index contributed by atoms with van der Waals surface area (Å²) < 4.78 is 0. The first kappa shape index (κ1) is 9.05. The largest absolute Gasteiger partial charge is 0.508 e. The molecule has 5 nitrogen and oxygen atoms in total. The number of aromatic hydroxyl groups is 2. The van der Waals surface area contributed by atoms with Crippen LogP contribution in [0.2, 0.25) is 0 Å². The van der Waals surface area contributed by atoms with Crippen LogP contribution in [0.5, 0.6) is 11.5 Å². The van der Waals surface area contributed by atoms with Gasteiger partial charge in [0.05, 0.1) is 6.20 Å². The molecule has 0 unspecified atom stereocenters. The van der Waals surface area contributed by atoms with E-state index in [0.29, 0.717) is 0 Å². The molecule has 0 saturated carbocycles.